The van der Waals surface area contributed by atoms with E-state index in [-0.39, 0.29) is 0 Å². The number of nitrogens with zero attached hydrogens (tertiary/aromatic N) is 2. The average Bonchev–Trinajstić information content (AvgIpc) is 2.23. The summed E-state index contributed by atoms with van der Waals surface area (Å²) in [6.45, 7) is 0. The van der Waals surface area contributed by atoms with Gasteiger partial charge in [0.25, 0.3) is 0 Å². The van der Waals surface area contributed by atoms with E-state index in [9.17, 15) is 0 Å². The maximum atomic E-state index is 5.80. The van der Waals surface area contributed by atoms with Crippen molar-refractivity contribution in [3.63, 3.8) is 0 Å². The molecule has 1 aliphatic carbocycles. The van der Waals surface area contributed by atoms with E-state index in [1.807, 2.05) is 24.4 Å². The smallest absolute Gasteiger partial charge is 0.121 e. The van der Waals surface area contributed by atoms with Crippen molar-refractivity contribution >= 4 is 10.9 Å². The zero-order valence-corrected chi connectivity index (χ0v) is 8.39. The molecule has 3 heteroatoms. The van der Waals surface area contributed by atoms with Crippen LogP contribution in [0.5, 0.6) is 5.75 Å². The summed E-state index contributed by atoms with van der Waals surface area (Å²) < 4.78 is 5.80. The van der Waals surface area contributed by atoms with Crippen molar-refractivity contribution in [2.24, 2.45) is 0 Å². The molecule has 0 unspecified atom stereocenters. The van der Waals surface area contributed by atoms with Crippen LogP contribution in [0.1, 0.15) is 19.3 Å². The van der Waals surface area contributed by atoms with Crippen LogP contribution >= 0.6 is 0 Å². The first-order valence-electron chi connectivity index (χ1n) is 5.28. The highest BCUT2D eigenvalue weighted by atomic mass is 16.5. The molecule has 1 aromatic carbocycles. The Labute approximate surface area is 88.1 Å². The first-order chi connectivity index (χ1) is 7.42. The maximum Gasteiger partial charge on any atom is 0.121 e. The third-order valence-corrected chi connectivity index (χ3v) is 2.83. The summed E-state index contributed by atoms with van der Waals surface area (Å²) in [5.41, 5.74) is 0.946. The van der Waals surface area contributed by atoms with E-state index in [2.05, 4.69) is 9.97 Å². The van der Waals surface area contributed by atoms with Crippen LogP contribution < -0.4 is 4.74 Å². The predicted molar refractivity (Wildman–Crippen MR) is 57.8 cm³/mol. The molecule has 0 aliphatic heterocycles. The van der Waals surface area contributed by atoms with E-state index in [1.165, 1.54) is 19.3 Å². The molecule has 1 heterocycles. The summed E-state index contributed by atoms with van der Waals surface area (Å²) in [7, 11) is 0. The van der Waals surface area contributed by atoms with Crippen LogP contribution in [0.4, 0.5) is 0 Å². The lowest BCUT2D eigenvalue weighted by Crippen LogP contribution is -2.24. The largest absolute Gasteiger partial charge is 0.490 e. The van der Waals surface area contributed by atoms with E-state index in [4.69, 9.17) is 4.74 Å². The molecule has 0 N–H and O–H groups in total. The van der Waals surface area contributed by atoms with Gasteiger partial charge < -0.3 is 4.74 Å². The number of benzene rings is 1. The third-order valence-electron chi connectivity index (χ3n) is 2.83. The molecule has 15 heavy (non-hydrogen) atoms. The monoisotopic (exact) mass is 200 g/mol. The average molecular weight is 200 g/mol. The summed E-state index contributed by atoms with van der Waals surface area (Å²) in [5.74, 6) is 0.922. The van der Waals surface area contributed by atoms with Crippen molar-refractivity contribution in [3.05, 3.63) is 30.7 Å². The fourth-order valence-electron chi connectivity index (χ4n) is 1.71. The van der Waals surface area contributed by atoms with Gasteiger partial charge in [0, 0.05) is 17.6 Å². The van der Waals surface area contributed by atoms with Gasteiger partial charge in [0.15, 0.2) is 0 Å². The van der Waals surface area contributed by atoms with Crippen molar-refractivity contribution in [3.8, 4) is 5.75 Å². The second kappa shape index (κ2) is 3.50. The van der Waals surface area contributed by atoms with Crippen molar-refractivity contribution in [1.29, 1.82) is 0 Å². The van der Waals surface area contributed by atoms with E-state index in [0.717, 1.165) is 16.7 Å². The first-order valence-corrected chi connectivity index (χ1v) is 5.28. The summed E-state index contributed by atoms with van der Waals surface area (Å²) in [4.78, 5) is 8.18. The van der Waals surface area contributed by atoms with Crippen molar-refractivity contribution in [2.75, 3.05) is 0 Å². The number of aromatic nitrogens is 2. The van der Waals surface area contributed by atoms with Gasteiger partial charge in [-0.25, -0.2) is 9.97 Å². The van der Waals surface area contributed by atoms with E-state index >= 15 is 0 Å². The molecular formula is C12H12N2O. The quantitative estimate of drug-likeness (QED) is 0.747. The molecule has 0 atom stereocenters. The SMILES string of the molecule is c1ncc2ccc(OC3CCC3)cc2n1. The van der Waals surface area contributed by atoms with Crippen LogP contribution in [0.25, 0.3) is 10.9 Å². The molecule has 0 amide bonds. The normalized spacial score (nSPS) is 16.3. The van der Waals surface area contributed by atoms with Gasteiger partial charge >= 0.3 is 0 Å². The molecule has 1 fully saturated rings. The minimum absolute atomic E-state index is 0.421. The topological polar surface area (TPSA) is 35.0 Å². The molecular weight excluding hydrogens is 188 g/mol. The molecule has 2 aromatic rings. The number of rotatable bonds is 2. The molecule has 3 nitrogen and oxygen atoms in total. The zero-order valence-electron chi connectivity index (χ0n) is 8.39. The molecule has 76 valence electrons. The van der Waals surface area contributed by atoms with Crippen LogP contribution in [0.15, 0.2) is 30.7 Å². The fourth-order valence-corrected chi connectivity index (χ4v) is 1.71. The Morgan fingerprint density at radius 3 is 3.00 bits per heavy atom. The van der Waals surface area contributed by atoms with Gasteiger partial charge in [0.05, 0.1) is 11.6 Å². The number of ether oxygens (including phenoxy) is 1. The zero-order chi connectivity index (χ0) is 10.1. The first kappa shape index (κ1) is 8.65. The highest BCUT2D eigenvalue weighted by molar-refractivity contribution is 5.78. The molecule has 0 saturated heterocycles. The van der Waals surface area contributed by atoms with E-state index in [1.54, 1.807) is 6.33 Å². The van der Waals surface area contributed by atoms with Gasteiger partial charge in [0.1, 0.15) is 12.1 Å². The maximum absolute atomic E-state index is 5.80. The van der Waals surface area contributed by atoms with E-state index in [0.29, 0.717) is 6.10 Å². The Hall–Kier alpha value is -1.64. The molecule has 0 radical (unpaired) electrons. The Bertz CT molecular complexity index is 480. The Morgan fingerprint density at radius 2 is 2.20 bits per heavy atom. The standard InChI is InChI=1S/C12H12N2O/c1-2-10(3-1)15-11-5-4-9-7-13-8-14-12(9)6-11/h4-8,10H,1-3H2. The van der Waals surface area contributed by atoms with Crippen molar-refractivity contribution in [1.82, 2.24) is 9.97 Å². The van der Waals surface area contributed by atoms with Gasteiger partial charge in [-0.2, -0.15) is 0 Å². The summed E-state index contributed by atoms with van der Waals surface area (Å²) in [6, 6.07) is 5.97. The number of hydrogen-bond donors (Lipinski definition) is 0. The van der Waals surface area contributed by atoms with Crippen LogP contribution in [0.2, 0.25) is 0 Å². The summed E-state index contributed by atoms with van der Waals surface area (Å²) in [5, 5.41) is 1.05. The van der Waals surface area contributed by atoms with Gasteiger partial charge in [-0.1, -0.05) is 0 Å². The van der Waals surface area contributed by atoms with Gasteiger partial charge in [-0.05, 0) is 31.4 Å². The number of hydrogen-bond acceptors (Lipinski definition) is 3. The Kier molecular flexibility index (Phi) is 2.02. The van der Waals surface area contributed by atoms with E-state index < -0.39 is 0 Å². The van der Waals surface area contributed by atoms with Crippen molar-refractivity contribution in [2.45, 2.75) is 25.4 Å². The second-order valence-electron chi connectivity index (χ2n) is 3.91. The molecule has 1 aromatic heterocycles. The predicted octanol–water partition coefficient (Wildman–Crippen LogP) is 2.56. The van der Waals surface area contributed by atoms with Gasteiger partial charge in [-0.3, -0.25) is 0 Å². The molecule has 0 bridgehead atoms. The fraction of sp³-hybridized carbons (Fsp3) is 0.333. The summed E-state index contributed by atoms with van der Waals surface area (Å²) >= 11 is 0. The molecule has 3 rings (SSSR count). The molecule has 1 saturated carbocycles. The lowest BCUT2D eigenvalue weighted by molar-refractivity contribution is 0.120. The lowest BCUT2D eigenvalue weighted by Gasteiger charge is -2.26. The van der Waals surface area contributed by atoms with Crippen LogP contribution in [0, 0.1) is 0 Å². The highest BCUT2D eigenvalue weighted by Crippen LogP contribution is 2.26. The van der Waals surface area contributed by atoms with Gasteiger partial charge in [0.2, 0.25) is 0 Å². The van der Waals surface area contributed by atoms with Crippen LogP contribution in [-0.2, 0) is 0 Å². The van der Waals surface area contributed by atoms with Crippen LogP contribution in [0.3, 0.4) is 0 Å². The molecule has 0 spiro atoms. The van der Waals surface area contributed by atoms with Crippen molar-refractivity contribution < 1.29 is 4.74 Å². The summed E-state index contributed by atoms with van der Waals surface area (Å²) in [6.07, 6.45) is 7.46. The van der Waals surface area contributed by atoms with Gasteiger partial charge in [-0.15, -0.1) is 0 Å². The minimum atomic E-state index is 0.421. The molecule has 1 aliphatic rings. The van der Waals surface area contributed by atoms with Crippen LogP contribution in [-0.4, -0.2) is 16.1 Å². The minimum Gasteiger partial charge on any atom is -0.490 e. The Balaban J connectivity index is 1.91. The number of fused-ring (bicyclic) bond motifs is 1. The highest BCUT2D eigenvalue weighted by Gasteiger charge is 2.18. The lowest BCUT2D eigenvalue weighted by atomic mass is 9.96. The Morgan fingerprint density at radius 1 is 1.27 bits per heavy atom. The third kappa shape index (κ3) is 1.65. The second-order valence-corrected chi connectivity index (χ2v) is 3.91.